The molecule has 0 heterocycles. The molecule has 2 heteroatoms. The van der Waals surface area contributed by atoms with Crippen LogP contribution in [0.2, 0.25) is 0 Å². The van der Waals surface area contributed by atoms with Crippen molar-refractivity contribution in [1.29, 1.82) is 0 Å². The Balaban J connectivity index is 4.47. The number of ether oxygens (including phenoxy) is 1. The van der Waals surface area contributed by atoms with Gasteiger partial charge in [0.05, 0.1) is 13.0 Å². The number of esters is 1. The van der Waals surface area contributed by atoms with Crippen LogP contribution in [-0.2, 0) is 9.53 Å². The van der Waals surface area contributed by atoms with Crippen molar-refractivity contribution in [2.75, 3.05) is 6.61 Å². The Kier molecular flexibility index (Phi) is 6.06. The first-order chi connectivity index (χ1) is 7.28. The second-order valence-electron chi connectivity index (χ2n) is 5.84. The molecule has 0 amide bonds. The molecule has 0 radical (unpaired) electrons. The van der Waals surface area contributed by atoms with Gasteiger partial charge in [0.2, 0.25) is 0 Å². The monoisotopic (exact) mass is 228 g/mol. The normalized spacial score (nSPS) is 15.6. The summed E-state index contributed by atoms with van der Waals surface area (Å²) in [5.74, 6) is -0.0567. The Morgan fingerprint density at radius 2 is 1.62 bits per heavy atom. The van der Waals surface area contributed by atoms with Gasteiger partial charge in [0.1, 0.15) is 0 Å². The van der Waals surface area contributed by atoms with E-state index in [1.807, 2.05) is 6.92 Å². The number of carbonyl (C=O) groups excluding carboxylic acids is 1. The summed E-state index contributed by atoms with van der Waals surface area (Å²) in [6.07, 6.45) is 3.78. The van der Waals surface area contributed by atoms with E-state index in [0.29, 0.717) is 18.4 Å². The Bertz CT molecular complexity index is 221. The summed E-state index contributed by atoms with van der Waals surface area (Å²) in [6, 6.07) is 0. The summed E-state index contributed by atoms with van der Waals surface area (Å²) >= 11 is 0. The van der Waals surface area contributed by atoms with Crippen LogP contribution in [0.3, 0.4) is 0 Å². The molecule has 0 aliphatic heterocycles. The maximum atomic E-state index is 11.6. The Hall–Kier alpha value is -0.530. The first-order valence-electron chi connectivity index (χ1n) is 6.44. The van der Waals surface area contributed by atoms with Crippen molar-refractivity contribution in [2.45, 2.75) is 67.2 Å². The van der Waals surface area contributed by atoms with E-state index in [-0.39, 0.29) is 11.4 Å². The van der Waals surface area contributed by atoms with Crippen LogP contribution >= 0.6 is 0 Å². The lowest BCUT2D eigenvalue weighted by Gasteiger charge is -2.36. The molecule has 96 valence electrons. The molecule has 0 aromatic heterocycles. The molecule has 1 unspecified atom stereocenters. The highest BCUT2D eigenvalue weighted by Gasteiger charge is 2.32. The lowest BCUT2D eigenvalue weighted by atomic mass is 9.70. The van der Waals surface area contributed by atoms with Crippen molar-refractivity contribution in [3.05, 3.63) is 0 Å². The molecule has 0 aromatic rings. The average molecular weight is 228 g/mol. The van der Waals surface area contributed by atoms with E-state index in [1.165, 1.54) is 0 Å². The van der Waals surface area contributed by atoms with E-state index in [1.54, 1.807) is 0 Å². The van der Waals surface area contributed by atoms with Crippen LogP contribution < -0.4 is 0 Å². The first kappa shape index (κ1) is 15.5. The highest BCUT2D eigenvalue weighted by Crippen LogP contribution is 2.40. The quantitative estimate of drug-likeness (QED) is 0.611. The van der Waals surface area contributed by atoms with E-state index >= 15 is 0 Å². The molecule has 0 saturated heterocycles. The molecule has 0 saturated carbocycles. The highest BCUT2D eigenvalue weighted by molar-refractivity contribution is 5.70. The third-order valence-corrected chi connectivity index (χ3v) is 3.59. The summed E-state index contributed by atoms with van der Waals surface area (Å²) in [5.41, 5.74) is 0.378. The summed E-state index contributed by atoms with van der Waals surface area (Å²) in [7, 11) is 0. The summed E-state index contributed by atoms with van der Waals surface area (Å²) in [6.45, 7) is 13.4. The largest absolute Gasteiger partial charge is 0.466 e. The molecule has 0 aliphatic rings. The zero-order valence-electron chi connectivity index (χ0n) is 11.9. The Morgan fingerprint density at radius 3 is 2.00 bits per heavy atom. The summed E-state index contributed by atoms with van der Waals surface area (Å²) < 4.78 is 5.05. The molecule has 0 rings (SSSR count). The maximum absolute atomic E-state index is 11.6. The van der Waals surface area contributed by atoms with Gasteiger partial charge in [-0.1, -0.05) is 47.5 Å². The van der Waals surface area contributed by atoms with Crippen LogP contribution in [0.4, 0.5) is 0 Å². The predicted octanol–water partition coefficient (Wildman–Crippen LogP) is 4.18. The molecule has 1 atom stereocenters. The van der Waals surface area contributed by atoms with Crippen LogP contribution in [0.5, 0.6) is 0 Å². The fourth-order valence-corrected chi connectivity index (χ4v) is 2.15. The minimum atomic E-state index is -0.0567. The van der Waals surface area contributed by atoms with Crippen molar-refractivity contribution in [3.8, 4) is 0 Å². The van der Waals surface area contributed by atoms with Crippen LogP contribution in [0.25, 0.3) is 0 Å². The van der Waals surface area contributed by atoms with Crippen molar-refractivity contribution < 1.29 is 9.53 Å². The zero-order chi connectivity index (χ0) is 12.8. The van der Waals surface area contributed by atoms with E-state index in [2.05, 4.69) is 34.6 Å². The van der Waals surface area contributed by atoms with Gasteiger partial charge in [0.15, 0.2) is 0 Å². The average Bonchev–Trinajstić information content (AvgIpc) is 2.17. The minimum absolute atomic E-state index is 0.0567. The highest BCUT2D eigenvalue weighted by atomic mass is 16.5. The molecule has 0 fully saturated rings. The standard InChI is InChI=1S/C14H28O2/c1-7-13(4,5)11-14(6,8-2)10-12(15)16-9-3/h7-11H2,1-6H3. The SMILES string of the molecule is CCOC(=O)CC(C)(CC)CC(C)(C)CC. The van der Waals surface area contributed by atoms with Gasteiger partial charge in [0.25, 0.3) is 0 Å². The van der Waals surface area contributed by atoms with Crippen LogP contribution in [0.1, 0.15) is 67.2 Å². The number of rotatable bonds is 7. The lowest BCUT2D eigenvalue weighted by Crippen LogP contribution is -2.28. The number of hydrogen-bond donors (Lipinski definition) is 0. The van der Waals surface area contributed by atoms with Gasteiger partial charge in [-0.25, -0.2) is 0 Å². The smallest absolute Gasteiger partial charge is 0.306 e. The molecule has 0 aliphatic carbocycles. The van der Waals surface area contributed by atoms with Gasteiger partial charge in [-0.3, -0.25) is 4.79 Å². The van der Waals surface area contributed by atoms with Gasteiger partial charge in [-0.2, -0.15) is 0 Å². The van der Waals surface area contributed by atoms with Gasteiger partial charge in [0, 0.05) is 0 Å². The van der Waals surface area contributed by atoms with Gasteiger partial charge in [-0.15, -0.1) is 0 Å². The lowest BCUT2D eigenvalue weighted by molar-refractivity contribution is -0.146. The minimum Gasteiger partial charge on any atom is -0.466 e. The molecule has 0 spiro atoms. The third kappa shape index (κ3) is 5.53. The van der Waals surface area contributed by atoms with Gasteiger partial charge >= 0.3 is 5.97 Å². The van der Waals surface area contributed by atoms with Crippen LogP contribution in [-0.4, -0.2) is 12.6 Å². The topological polar surface area (TPSA) is 26.3 Å². The van der Waals surface area contributed by atoms with Crippen molar-refractivity contribution in [3.63, 3.8) is 0 Å². The second kappa shape index (κ2) is 6.27. The molecular weight excluding hydrogens is 200 g/mol. The maximum Gasteiger partial charge on any atom is 0.306 e. The van der Waals surface area contributed by atoms with Gasteiger partial charge < -0.3 is 4.74 Å². The third-order valence-electron chi connectivity index (χ3n) is 3.59. The zero-order valence-corrected chi connectivity index (χ0v) is 11.9. The van der Waals surface area contributed by atoms with E-state index in [0.717, 1.165) is 19.3 Å². The van der Waals surface area contributed by atoms with Crippen molar-refractivity contribution in [2.24, 2.45) is 10.8 Å². The number of hydrogen-bond acceptors (Lipinski definition) is 2. The molecule has 0 N–H and O–H groups in total. The van der Waals surface area contributed by atoms with Gasteiger partial charge in [-0.05, 0) is 24.2 Å². The van der Waals surface area contributed by atoms with Crippen LogP contribution in [0.15, 0.2) is 0 Å². The first-order valence-corrected chi connectivity index (χ1v) is 6.44. The Labute approximate surface area is 101 Å². The predicted molar refractivity (Wildman–Crippen MR) is 68.3 cm³/mol. The fourth-order valence-electron chi connectivity index (χ4n) is 2.15. The molecular formula is C14H28O2. The molecule has 0 aromatic carbocycles. The Morgan fingerprint density at radius 1 is 1.06 bits per heavy atom. The summed E-state index contributed by atoms with van der Waals surface area (Å²) in [5, 5.41) is 0. The van der Waals surface area contributed by atoms with Crippen molar-refractivity contribution in [1.82, 2.24) is 0 Å². The second-order valence-corrected chi connectivity index (χ2v) is 5.84. The fraction of sp³-hybridized carbons (Fsp3) is 0.929. The van der Waals surface area contributed by atoms with E-state index in [9.17, 15) is 4.79 Å². The number of carbonyl (C=O) groups is 1. The summed E-state index contributed by atoms with van der Waals surface area (Å²) in [4.78, 5) is 11.6. The van der Waals surface area contributed by atoms with E-state index < -0.39 is 0 Å². The molecule has 0 bridgehead atoms. The van der Waals surface area contributed by atoms with Crippen molar-refractivity contribution >= 4 is 5.97 Å². The molecule has 16 heavy (non-hydrogen) atoms. The molecule has 2 nitrogen and oxygen atoms in total. The van der Waals surface area contributed by atoms with E-state index in [4.69, 9.17) is 4.74 Å². The van der Waals surface area contributed by atoms with Crippen LogP contribution in [0, 0.1) is 10.8 Å².